The highest BCUT2D eigenvalue weighted by atomic mass is 127. The first-order chi connectivity index (χ1) is 11.1. The van der Waals surface area contributed by atoms with Crippen LogP contribution in [0.1, 0.15) is 42.4 Å². The summed E-state index contributed by atoms with van der Waals surface area (Å²) in [7, 11) is 1.80. The molecule has 0 saturated heterocycles. The number of nitrogens with zero attached hydrogens (tertiary/aromatic N) is 1. The summed E-state index contributed by atoms with van der Waals surface area (Å²) in [6.07, 6.45) is 1.14. The maximum Gasteiger partial charge on any atom is 0.191 e. The third kappa shape index (κ3) is 4.75. The number of furan rings is 1. The molecule has 0 bridgehead atoms. The lowest BCUT2D eigenvalue weighted by molar-refractivity contribution is 0.441. The third-order valence-corrected chi connectivity index (χ3v) is 4.70. The van der Waals surface area contributed by atoms with E-state index < -0.39 is 0 Å². The van der Waals surface area contributed by atoms with Gasteiger partial charge in [0, 0.05) is 23.5 Å². The first-order valence-electron chi connectivity index (χ1n) is 7.88. The van der Waals surface area contributed by atoms with Crippen LogP contribution in [0.5, 0.6) is 0 Å². The average molecular weight is 504 g/mol. The molecule has 2 N–H and O–H groups in total. The van der Waals surface area contributed by atoms with Crippen molar-refractivity contribution >= 4 is 45.9 Å². The average Bonchev–Trinajstić information content (AvgIpc) is 3.16. The fraction of sp³-hybridized carbons (Fsp3) is 0.389. The molecule has 6 heteroatoms. The van der Waals surface area contributed by atoms with Gasteiger partial charge in [0.15, 0.2) is 5.96 Å². The van der Waals surface area contributed by atoms with E-state index >= 15 is 0 Å². The molecule has 3 unspecified atom stereocenters. The van der Waals surface area contributed by atoms with Gasteiger partial charge >= 0.3 is 0 Å². The van der Waals surface area contributed by atoms with Crippen LogP contribution in [0, 0.1) is 6.92 Å². The Bertz CT molecular complexity index is 699. The number of nitrogens with one attached hydrogen (secondary N) is 2. The molecule has 0 radical (unpaired) electrons. The number of halogens is 2. The molecule has 0 spiro atoms. The molecule has 3 atom stereocenters. The van der Waals surface area contributed by atoms with Gasteiger partial charge in [-0.3, -0.25) is 4.99 Å². The molecule has 2 aromatic rings. The number of benzene rings is 1. The summed E-state index contributed by atoms with van der Waals surface area (Å²) in [5.41, 5.74) is 1.37. The summed E-state index contributed by atoms with van der Waals surface area (Å²) in [6, 6.07) is 13.1. The number of rotatable bonds is 4. The minimum atomic E-state index is 0. The molecule has 1 saturated carbocycles. The van der Waals surface area contributed by atoms with Gasteiger partial charge < -0.3 is 15.1 Å². The molecular formula is C18H23BrIN3O. The molecule has 0 aliphatic heterocycles. The highest BCUT2D eigenvalue weighted by molar-refractivity contribution is 14.0. The zero-order valence-electron chi connectivity index (χ0n) is 14.0. The molecule has 1 heterocycles. The molecule has 0 amide bonds. The largest absolute Gasteiger partial charge is 0.464 e. The van der Waals surface area contributed by atoms with Crippen LogP contribution >= 0.6 is 39.9 Å². The van der Waals surface area contributed by atoms with E-state index in [-0.39, 0.29) is 30.0 Å². The van der Waals surface area contributed by atoms with Crippen molar-refractivity contribution in [2.75, 3.05) is 7.05 Å². The van der Waals surface area contributed by atoms with Crippen LogP contribution in [0.4, 0.5) is 0 Å². The summed E-state index contributed by atoms with van der Waals surface area (Å²) >= 11 is 3.48. The van der Waals surface area contributed by atoms with Gasteiger partial charge in [-0.25, -0.2) is 0 Å². The van der Waals surface area contributed by atoms with Crippen molar-refractivity contribution in [1.82, 2.24) is 10.6 Å². The molecule has 24 heavy (non-hydrogen) atoms. The van der Waals surface area contributed by atoms with E-state index in [0.717, 1.165) is 28.4 Å². The van der Waals surface area contributed by atoms with Gasteiger partial charge in [0.1, 0.15) is 11.5 Å². The van der Waals surface area contributed by atoms with Crippen LogP contribution in [-0.2, 0) is 0 Å². The standard InChI is InChI=1S/C18H22BrN3O.HI/c1-11-4-9-17(23-11)12(2)21-18(20-3)22-16-10-15(16)13-5-7-14(19)8-6-13;/h4-9,12,15-16H,10H2,1-3H3,(H2,20,21,22);1H. The number of guanidine groups is 1. The van der Waals surface area contributed by atoms with Crippen LogP contribution in [0.3, 0.4) is 0 Å². The molecule has 1 aliphatic carbocycles. The molecule has 1 aliphatic rings. The van der Waals surface area contributed by atoms with Crippen LogP contribution in [0.25, 0.3) is 0 Å². The van der Waals surface area contributed by atoms with E-state index in [9.17, 15) is 0 Å². The van der Waals surface area contributed by atoms with Crippen LogP contribution < -0.4 is 10.6 Å². The second kappa shape index (κ2) is 8.38. The van der Waals surface area contributed by atoms with E-state index in [1.807, 2.05) is 19.1 Å². The maximum atomic E-state index is 5.66. The Kier molecular flexibility index (Phi) is 6.74. The SMILES string of the molecule is CN=C(NC(C)c1ccc(C)o1)NC1CC1c1ccc(Br)cc1.I. The van der Waals surface area contributed by atoms with Crippen LogP contribution in [0.15, 0.2) is 50.3 Å². The molecule has 130 valence electrons. The van der Waals surface area contributed by atoms with Gasteiger partial charge in [-0.2, -0.15) is 0 Å². The number of hydrogen-bond donors (Lipinski definition) is 2. The van der Waals surface area contributed by atoms with E-state index in [2.05, 4.69) is 62.7 Å². The summed E-state index contributed by atoms with van der Waals surface area (Å²) in [5, 5.41) is 6.88. The van der Waals surface area contributed by atoms with E-state index in [0.29, 0.717) is 12.0 Å². The smallest absolute Gasteiger partial charge is 0.191 e. The number of hydrogen-bond acceptors (Lipinski definition) is 2. The second-order valence-corrected chi connectivity index (χ2v) is 6.95. The molecule has 1 aromatic heterocycles. The first kappa shape index (κ1) is 19.3. The normalized spacial score (nSPS) is 20.9. The summed E-state index contributed by atoms with van der Waals surface area (Å²) < 4.78 is 6.78. The highest BCUT2D eigenvalue weighted by Gasteiger charge is 2.39. The molecule has 4 nitrogen and oxygen atoms in total. The second-order valence-electron chi connectivity index (χ2n) is 6.03. The lowest BCUT2D eigenvalue weighted by atomic mass is 10.1. The Morgan fingerprint density at radius 3 is 2.54 bits per heavy atom. The Morgan fingerprint density at radius 2 is 1.96 bits per heavy atom. The van der Waals surface area contributed by atoms with Crippen molar-refractivity contribution in [1.29, 1.82) is 0 Å². The lowest BCUT2D eigenvalue weighted by Gasteiger charge is -2.16. The lowest BCUT2D eigenvalue weighted by Crippen LogP contribution is -2.40. The predicted octanol–water partition coefficient (Wildman–Crippen LogP) is 4.75. The zero-order valence-corrected chi connectivity index (χ0v) is 18.0. The van der Waals surface area contributed by atoms with Crippen molar-refractivity contribution in [2.45, 2.75) is 38.3 Å². The Labute approximate surface area is 168 Å². The Morgan fingerprint density at radius 1 is 1.25 bits per heavy atom. The molecule has 3 rings (SSSR count). The monoisotopic (exact) mass is 503 g/mol. The van der Waals surface area contributed by atoms with E-state index in [1.165, 1.54) is 5.56 Å². The first-order valence-corrected chi connectivity index (χ1v) is 8.67. The summed E-state index contributed by atoms with van der Waals surface area (Å²) in [5.74, 6) is 3.22. The fourth-order valence-electron chi connectivity index (χ4n) is 2.74. The van der Waals surface area contributed by atoms with Gasteiger partial charge in [-0.05, 0) is 50.1 Å². The summed E-state index contributed by atoms with van der Waals surface area (Å²) in [6.45, 7) is 4.03. The van der Waals surface area contributed by atoms with Crippen molar-refractivity contribution in [2.24, 2.45) is 4.99 Å². The van der Waals surface area contributed by atoms with E-state index in [4.69, 9.17) is 4.42 Å². The van der Waals surface area contributed by atoms with Gasteiger partial charge in [0.2, 0.25) is 0 Å². The Hall–Kier alpha value is -1.02. The minimum absolute atomic E-state index is 0. The minimum Gasteiger partial charge on any atom is -0.464 e. The topological polar surface area (TPSA) is 49.6 Å². The zero-order chi connectivity index (χ0) is 16.4. The molecular weight excluding hydrogens is 481 g/mol. The quantitative estimate of drug-likeness (QED) is 0.359. The van der Waals surface area contributed by atoms with Crippen molar-refractivity contribution < 1.29 is 4.42 Å². The van der Waals surface area contributed by atoms with Crippen molar-refractivity contribution in [3.8, 4) is 0 Å². The molecule has 1 aromatic carbocycles. The maximum absolute atomic E-state index is 5.66. The number of aliphatic imine (C=N–C) groups is 1. The highest BCUT2D eigenvalue weighted by Crippen LogP contribution is 2.41. The van der Waals surface area contributed by atoms with Gasteiger partial charge in [0.05, 0.1) is 6.04 Å². The third-order valence-electron chi connectivity index (χ3n) is 4.18. The summed E-state index contributed by atoms with van der Waals surface area (Å²) in [4.78, 5) is 4.33. The van der Waals surface area contributed by atoms with Crippen LogP contribution in [0.2, 0.25) is 0 Å². The predicted molar refractivity (Wildman–Crippen MR) is 112 cm³/mol. The van der Waals surface area contributed by atoms with Crippen molar-refractivity contribution in [3.05, 3.63) is 58.0 Å². The van der Waals surface area contributed by atoms with Gasteiger partial charge in [0.25, 0.3) is 0 Å². The number of aryl methyl sites for hydroxylation is 1. The van der Waals surface area contributed by atoms with E-state index in [1.54, 1.807) is 7.05 Å². The Balaban J connectivity index is 0.00000208. The van der Waals surface area contributed by atoms with Crippen LogP contribution in [-0.4, -0.2) is 19.0 Å². The van der Waals surface area contributed by atoms with Gasteiger partial charge in [-0.1, -0.05) is 28.1 Å². The van der Waals surface area contributed by atoms with Gasteiger partial charge in [-0.15, -0.1) is 24.0 Å². The van der Waals surface area contributed by atoms with Crippen molar-refractivity contribution in [3.63, 3.8) is 0 Å². The fourth-order valence-corrected chi connectivity index (χ4v) is 3.01. The molecule has 1 fully saturated rings.